The van der Waals surface area contributed by atoms with Crippen molar-refractivity contribution < 1.29 is 4.79 Å². The van der Waals surface area contributed by atoms with E-state index >= 15 is 0 Å². The average Bonchev–Trinajstić information content (AvgIpc) is 3.44. The fourth-order valence-electron chi connectivity index (χ4n) is 3.78. The van der Waals surface area contributed by atoms with Crippen LogP contribution in [0.25, 0.3) is 0 Å². The summed E-state index contributed by atoms with van der Waals surface area (Å²) in [5.41, 5.74) is 1.61. The number of nitrogens with one attached hydrogen (secondary N) is 1. The van der Waals surface area contributed by atoms with E-state index in [4.69, 9.17) is 0 Å². The Morgan fingerprint density at radius 1 is 1.09 bits per heavy atom. The lowest BCUT2D eigenvalue weighted by Gasteiger charge is -2.25. The second-order valence-electron chi connectivity index (χ2n) is 7.40. The minimum Gasteiger partial charge on any atom is -0.342 e. The van der Waals surface area contributed by atoms with E-state index in [-0.39, 0.29) is 5.54 Å². The molecule has 3 fully saturated rings. The summed E-state index contributed by atoms with van der Waals surface area (Å²) in [4.78, 5) is 14.4. The van der Waals surface area contributed by atoms with Crippen LogP contribution < -0.4 is 5.32 Å². The number of amides is 1. The normalized spacial score (nSPS) is 27.5. The maximum atomic E-state index is 12.3. The van der Waals surface area contributed by atoms with Crippen LogP contribution >= 0.6 is 0 Å². The Morgan fingerprint density at radius 2 is 1.86 bits per heavy atom. The average molecular weight is 298 g/mol. The van der Waals surface area contributed by atoms with Crippen molar-refractivity contribution >= 4 is 5.91 Å². The molecule has 22 heavy (non-hydrogen) atoms. The highest BCUT2D eigenvalue weighted by Gasteiger charge is 2.45. The molecule has 1 N–H and O–H groups in total. The van der Waals surface area contributed by atoms with Crippen molar-refractivity contribution in [3.8, 4) is 0 Å². The second kappa shape index (κ2) is 5.69. The minimum atomic E-state index is 0.195. The van der Waals surface area contributed by atoms with Crippen molar-refractivity contribution in [2.24, 2.45) is 5.92 Å². The fraction of sp³-hybridized carbons (Fsp3) is 0.632. The quantitative estimate of drug-likeness (QED) is 0.906. The lowest BCUT2D eigenvalue weighted by Crippen LogP contribution is -2.39. The summed E-state index contributed by atoms with van der Waals surface area (Å²) in [5, 5.41) is 3.89. The fourth-order valence-corrected chi connectivity index (χ4v) is 3.78. The van der Waals surface area contributed by atoms with Crippen molar-refractivity contribution in [3.05, 3.63) is 35.9 Å². The summed E-state index contributed by atoms with van der Waals surface area (Å²) < 4.78 is 0. The molecule has 1 atom stereocenters. The van der Waals surface area contributed by atoms with E-state index in [1.54, 1.807) is 0 Å². The number of rotatable bonds is 5. The Morgan fingerprint density at radius 3 is 2.55 bits per heavy atom. The first-order valence-corrected chi connectivity index (χ1v) is 8.86. The third-order valence-corrected chi connectivity index (χ3v) is 5.54. The van der Waals surface area contributed by atoms with Gasteiger partial charge in [-0.2, -0.15) is 0 Å². The Hall–Kier alpha value is -1.35. The highest BCUT2D eigenvalue weighted by molar-refractivity contribution is 5.76. The van der Waals surface area contributed by atoms with Gasteiger partial charge in [-0.3, -0.25) is 4.79 Å². The molecule has 1 amide bonds. The summed E-state index contributed by atoms with van der Waals surface area (Å²) in [6.45, 7) is 1.95. The van der Waals surface area contributed by atoms with Crippen LogP contribution in [0, 0.1) is 5.92 Å². The van der Waals surface area contributed by atoms with Gasteiger partial charge in [-0.15, -0.1) is 0 Å². The van der Waals surface area contributed by atoms with Crippen molar-refractivity contribution in [1.82, 2.24) is 10.2 Å². The monoisotopic (exact) mass is 298 g/mol. The predicted molar refractivity (Wildman–Crippen MR) is 87.4 cm³/mol. The van der Waals surface area contributed by atoms with Crippen molar-refractivity contribution in [1.29, 1.82) is 0 Å². The zero-order chi connectivity index (χ0) is 15.0. The minimum absolute atomic E-state index is 0.195. The van der Waals surface area contributed by atoms with E-state index in [1.165, 1.54) is 31.2 Å². The first kappa shape index (κ1) is 14.3. The van der Waals surface area contributed by atoms with Crippen LogP contribution in [0.4, 0.5) is 0 Å². The van der Waals surface area contributed by atoms with Gasteiger partial charge in [0.25, 0.3) is 0 Å². The first-order valence-electron chi connectivity index (χ1n) is 8.86. The number of carbonyl (C=O) groups is 1. The summed E-state index contributed by atoms with van der Waals surface area (Å²) in [7, 11) is 0. The molecule has 4 rings (SSSR count). The molecule has 2 saturated carbocycles. The number of likely N-dealkylation sites (tertiary alicyclic amines) is 1. The SMILES string of the molecule is O=C1CCC(NC2(c3ccccc3)CC2)CCN1CC1CC1. The maximum Gasteiger partial charge on any atom is 0.222 e. The molecular formula is C19H26N2O. The highest BCUT2D eigenvalue weighted by Crippen LogP contribution is 2.46. The maximum absolute atomic E-state index is 12.3. The van der Waals surface area contributed by atoms with Gasteiger partial charge < -0.3 is 10.2 Å². The highest BCUT2D eigenvalue weighted by atomic mass is 16.2. The van der Waals surface area contributed by atoms with Crippen molar-refractivity contribution in [3.63, 3.8) is 0 Å². The zero-order valence-corrected chi connectivity index (χ0v) is 13.3. The van der Waals surface area contributed by atoms with Gasteiger partial charge in [-0.1, -0.05) is 30.3 Å². The van der Waals surface area contributed by atoms with Gasteiger partial charge in [-0.25, -0.2) is 0 Å². The standard InChI is InChI=1S/C19H26N2O/c22-18-9-8-17(10-13-21(18)14-15-6-7-15)20-19(11-12-19)16-4-2-1-3-5-16/h1-5,15,17,20H,6-14H2. The Kier molecular flexibility index (Phi) is 3.69. The molecule has 1 aliphatic heterocycles. The van der Waals surface area contributed by atoms with Crippen LogP contribution in [0.15, 0.2) is 30.3 Å². The molecule has 3 nitrogen and oxygen atoms in total. The molecule has 1 aromatic rings. The molecule has 1 saturated heterocycles. The lowest BCUT2D eigenvalue weighted by molar-refractivity contribution is -0.130. The van der Waals surface area contributed by atoms with Crippen LogP contribution in [0.1, 0.15) is 50.5 Å². The molecule has 3 heteroatoms. The molecule has 0 radical (unpaired) electrons. The van der Waals surface area contributed by atoms with E-state index < -0.39 is 0 Å². The number of nitrogens with zero attached hydrogens (tertiary/aromatic N) is 1. The summed E-state index contributed by atoms with van der Waals surface area (Å²) in [5.74, 6) is 1.17. The molecule has 0 aromatic heterocycles. The third kappa shape index (κ3) is 3.05. The molecule has 1 heterocycles. The number of hydrogen-bond acceptors (Lipinski definition) is 2. The molecule has 1 aromatic carbocycles. The van der Waals surface area contributed by atoms with Gasteiger partial charge in [0.05, 0.1) is 0 Å². The third-order valence-electron chi connectivity index (χ3n) is 5.54. The zero-order valence-electron chi connectivity index (χ0n) is 13.3. The van der Waals surface area contributed by atoms with E-state index in [0.717, 1.165) is 38.3 Å². The van der Waals surface area contributed by atoms with Crippen LogP contribution in [0.5, 0.6) is 0 Å². The van der Waals surface area contributed by atoms with Gasteiger partial charge in [0.15, 0.2) is 0 Å². The Balaban J connectivity index is 1.38. The number of carbonyl (C=O) groups excluding carboxylic acids is 1. The molecule has 118 valence electrons. The summed E-state index contributed by atoms with van der Waals surface area (Å²) >= 11 is 0. The molecule has 0 bridgehead atoms. The molecule has 2 aliphatic carbocycles. The Bertz CT molecular complexity index is 534. The van der Waals surface area contributed by atoms with Gasteiger partial charge in [0, 0.05) is 31.1 Å². The van der Waals surface area contributed by atoms with Crippen LogP contribution in [0.3, 0.4) is 0 Å². The molecule has 1 unspecified atom stereocenters. The van der Waals surface area contributed by atoms with Crippen molar-refractivity contribution in [2.45, 2.75) is 56.5 Å². The molecule has 3 aliphatic rings. The topological polar surface area (TPSA) is 32.3 Å². The Labute approximate surface area is 133 Å². The van der Waals surface area contributed by atoms with E-state index in [9.17, 15) is 4.79 Å². The van der Waals surface area contributed by atoms with Gasteiger partial charge in [0.1, 0.15) is 0 Å². The lowest BCUT2D eigenvalue weighted by atomic mass is 10.0. The first-order chi connectivity index (χ1) is 10.8. The molecule has 0 spiro atoms. The van der Waals surface area contributed by atoms with Gasteiger partial charge in [-0.05, 0) is 50.0 Å². The van der Waals surface area contributed by atoms with Crippen LogP contribution in [-0.4, -0.2) is 29.9 Å². The predicted octanol–water partition coefficient (Wildman–Crippen LogP) is 3.06. The van der Waals surface area contributed by atoms with Crippen LogP contribution in [0.2, 0.25) is 0 Å². The van der Waals surface area contributed by atoms with Gasteiger partial charge >= 0.3 is 0 Å². The largest absolute Gasteiger partial charge is 0.342 e. The number of hydrogen-bond donors (Lipinski definition) is 1. The van der Waals surface area contributed by atoms with Crippen molar-refractivity contribution in [2.75, 3.05) is 13.1 Å². The van der Waals surface area contributed by atoms with E-state index in [1.807, 2.05) is 0 Å². The molecular weight excluding hydrogens is 272 g/mol. The smallest absolute Gasteiger partial charge is 0.222 e. The summed E-state index contributed by atoms with van der Waals surface area (Å²) in [6, 6.07) is 11.3. The summed E-state index contributed by atoms with van der Waals surface area (Å²) in [6.07, 6.45) is 7.92. The van der Waals surface area contributed by atoms with E-state index in [2.05, 4.69) is 40.5 Å². The second-order valence-corrected chi connectivity index (χ2v) is 7.40. The number of benzene rings is 1. The van der Waals surface area contributed by atoms with Crippen LogP contribution in [-0.2, 0) is 10.3 Å². The van der Waals surface area contributed by atoms with E-state index in [0.29, 0.717) is 11.9 Å². The van der Waals surface area contributed by atoms with Gasteiger partial charge in [0.2, 0.25) is 5.91 Å².